The van der Waals surface area contributed by atoms with Crippen molar-refractivity contribution in [1.29, 1.82) is 0 Å². The Kier molecular flexibility index (Phi) is 4.03. The highest BCUT2D eigenvalue weighted by molar-refractivity contribution is 6.08. The Bertz CT molecular complexity index is 406. The molecule has 18 heavy (non-hydrogen) atoms. The Hall–Kier alpha value is -0.925. The molecule has 0 saturated heterocycles. The fourth-order valence-electron chi connectivity index (χ4n) is 2.84. The van der Waals surface area contributed by atoms with Crippen molar-refractivity contribution in [2.45, 2.75) is 50.5 Å². The molecule has 4 heteroatoms. The number of hydrogen-bond donors (Lipinski definition) is 0. The Morgan fingerprint density at radius 2 is 1.78 bits per heavy atom. The van der Waals surface area contributed by atoms with Crippen LogP contribution in [0.4, 0.5) is 13.2 Å². The minimum Gasteiger partial charge on any atom is -0.166 e. The van der Waals surface area contributed by atoms with Gasteiger partial charge in [0.1, 0.15) is 7.85 Å². The summed E-state index contributed by atoms with van der Waals surface area (Å²) in [6, 6.07) is 4.89. The fraction of sp³-hybridized carbons (Fsp3) is 0.571. The maximum Gasteiger partial charge on any atom is 0.416 e. The molecule has 0 aliphatic heterocycles. The highest BCUT2D eigenvalue weighted by Gasteiger charge is 2.35. The fourth-order valence-corrected chi connectivity index (χ4v) is 2.84. The van der Waals surface area contributed by atoms with E-state index >= 15 is 0 Å². The second-order valence-corrected chi connectivity index (χ2v) is 5.11. The van der Waals surface area contributed by atoms with Gasteiger partial charge in [-0.25, -0.2) is 0 Å². The summed E-state index contributed by atoms with van der Waals surface area (Å²) in [6.07, 6.45) is 1.48. The van der Waals surface area contributed by atoms with E-state index in [0.29, 0.717) is 11.9 Å². The molecule has 0 N–H and O–H groups in total. The summed E-state index contributed by atoms with van der Waals surface area (Å²) in [4.78, 5) is 0. The lowest BCUT2D eigenvalue weighted by Gasteiger charge is -2.25. The lowest BCUT2D eigenvalue weighted by atomic mass is 9.81. The third-order valence-electron chi connectivity index (χ3n) is 3.88. The maximum atomic E-state index is 13.1. The molecule has 0 spiro atoms. The van der Waals surface area contributed by atoms with Gasteiger partial charge in [-0.2, -0.15) is 13.2 Å². The van der Waals surface area contributed by atoms with Crippen LogP contribution in [0.5, 0.6) is 0 Å². The zero-order chi connectivity index (χ0) is 13.2. The first-order valence-corrected chi connectivity index (χ1v) is 6.72. The van der Waals surface area contributed by atoms with Crippen LogP contribution in [0.15, 0.2) is 18.2 Å². The molecular weight excluding hydrogens is 236 g/mol. The predicted octanol–water partition coefficient (Wildman–Crippen LogP) is 3.89. The van der Waals surface area contributed by atoms with Crippen molar-refractivity contribution in [2.24, 2.45) is 0 Å². The molecule has 0 heterocycles. The third kappa shape index (κ3) is 2.90. The summed E-state index contributed by atoms with van der Waals surface area (Å²) in [6.45, 7) is 0. The van der Waals surface area contributed by atoms with Crippen LogP contribution >= 0.6 is 0 Å². The van der Waals surface area contributed by atoms with Gasteiger partial charge in [0.25, 0.3) is 0 Å². The van der Waals surface area contributed by atoms with E-state index in [-0.39, 0.29) is 5.92 Å². The Labute approximate surface area is 107 Å². The van der Waals surface area contributed by atoms with E-state index < -0.39 is 11.7 Å². The Morgan fingerprint density at radius 1 is 1.11 bits per heavy atom. The predicted molar refractivity (Wildman–Crippen MR) is 69.5 cm³/mol. The molecule has 0 aromatic heterocycles. The molecular formula is C14H18BF3. The Balaban J connectivity index is 2.38. The molecule has 0 bridgehead atoms. The second kappa shape index (κ2) is 5.37. The molecule has 0 nitrogen and oxygen atoms in total. The van der Waals surface area contributed by atoms with Gasteiger partial charge in [0.15, 0.2) is 0 Å². The van der Waals surface area contributed by atoms with Crippen molar-refractivity contribution < 1.29 is 13.2 Å². The quantitative estimate of drug-likeness (QED) is 0.702. The first-order chi connectivity index (χ1) is 8.52. The highest BCUT2D eigenvalue weighted by atomic mass is 19.4. The van der Waals surface area contributed by atoms with Crippen molar-refractivity contribution in [3.8, 4) is 0 Å². The van der Waals surface area contributed by atoms with Gasteiger partial charge in [-0.3, -0.25) is 0 Å². The zero-order valence-electron chi connectivity index (χ0n) is 10.7. The summed E-state index contributed by atoms with van der Waals surface area (Å²) in [7, 11) is 1.88. The molecule has 1 aromatic rings. The summed E-state index contributed by atoms with van der Waals surface area (Å²) in [5.41, 5.74) is 0.870. The smallest absolute Gasteiger partial charge is 0.166 e. The summed E-state index contributed by atoms with van der Waals surface area (Å²) < 4.78 is 39.4. The minimum atomic E-state index is -4.22. The van der Waals surface area contributed by atoms with Crippen LogP contribution in [0.25, 0.3) is 0 Å². The van der Waals surface area contributed by atoms with Crippen LogP contribution in [0.2, 0.25) is 0 Å². The van der Waals surface area contributed by atoms with Crippen LogP contribution in [0.3, 0.4) is 0 Å². The van der Waals surface area contributed by atoms with E-state index in [4.69, 9.17) is 0 Å². The lowest BCUT2D eigenvalue weighted by Crippen LogP contribution is -2.14. The van der Waals surface area contributed by atoms with Crippen LogP contribution in [-0.4, -0.2) is 7.85 Å². The van der Waals surface area contributed by atoms with E-state index in [0.717, 1.165) is 37.7 Å². The van der Waals surface area contributed by atoms with E-state index in [1.54, 1.807) is 6.07 Å². The first-order valence-electron chi connectivity index (χ1n) is 6.72. The first kappa shape index (κ1) is 13.5. The molecule has 0 unspecified atom stereocenters. The topological polar surface area (TPSA) is 0 Å². The minimum absolute atomic E-state index is 0.0984. The van der Waals surface area contributed by atoms with Crippen LogP contribution in [-0.2, 0) is 12.5 Å². The van der Waals surface area contributed by atoms with E-state index in [1.807, 2.05) is 13.9 Å². The normalized spacial score (nSPS) is 17.9. The molecule has 98 valence electrons. The van der Waals surface area contributed by atoms with Crippen LogP contribution in [0, 0.1) is 0 Å². The van der Waals surface area contributed by atoms with Gasteiger partial charge in [0.2, 0.25) is 0 Å². The average molecular weight is 254 g/mol. The molecule has 2 rings (SSSR count). The van der Waals surface area contributed by atoms with Gasteiger partial charge in [-0.15, -0.1) is 0 Å². The monoisotopic (exact) mass is 254 g/mol. The van der Waals surface area contributed by atoms with Gasteiger partial charge in [0.05, 0.1) is 5.56 Å². The summed E-state index contributed by atoms with van der Waals surface area (Å²) in [5, 5.41) is 0. The molecule has 1 saturated carbocycles. The molecule has 0 radical (unpaired) electrons. The number of hydrogen-bond acceptors (Lipinski definition) is 0. The SMILES string of the molecule is BCc1ccc(C2CCCCC2)c(C(F)(F)F)c1. The largest absolute Gasteiger partial charge is 0.416 e. The van der Waals surface area contributed by atoms with Crippen molar-refractivity contribution in [3.63, 3.8) is 0 Å². The number of alkyl halides is 3. The van der Waals surface area contributed by atoms with Crippen molar-refractivity contribution in [1.82, 2.24) is 0 Å². The van der Waals surface area contributed by atoms with Gasteiger partial charge < -0.3 is 0 Å². The van der Waals surface area contributed by atoms with Gasteiger partial charge >= 0.3 is 6.18 Å². The molecule has 0 atom stereocenters. The highest BCUT2D eigenvalue weighted by Crippen LogP contribution is 2.40. The number of halogens is 3. The van der Waals surface area contributed by atoms with Crippen LogP contribution < -0.4 is 0 Å². The van der Waals surface area contributed by atoms with E-state index in [9.17, 15) is 13.2 Å². The summed E-state index contributed by atoms with van der Waals surface area (Å²) in [5.74, 6) is 0.0984. The van der Waals surface area contributed by atoms with Crippen LogP contribution in [0.1, 0.15) is 54.7 Å². The summed E-state index contributed by atoms with van der Waals surface area (Å²) >= 11 is 0. The van der Waals surface area contributed by atoms with Crippen molar-refractivity contribution in [2.75, 3.05) is 0 Å². The van der Waals surface area contributed by atoms with E-state index in [2.05, 4.69) is 0 Å². The zero-order valence-corrected chi connectivity index (χ0v) is 10.7. The van der Waals surface area contributed by atoms with Crippen molar-refractivity contribution in [3.05, 3.63) is 34.9 Å². The number of benzene rings is 1. The lowest BCUT2D eigenvalue weighted by molar-refractivity contribution is -0.138. The Morgan fingerprint density at radius 3 is 2.33 bits per heavy atom. The molecule has 1 aliphatic rings. The molecule has 1 fully saturated rings. The third-order valence-corrected chi connectivity index (χ3v) is 3.88. The second-order valence-electron chi connectivity index (χ2n) is 5.11. The molecule has 1 aromatic carbocycles. The number of rotatable bonds is 2. The van der Waals surface area contributed by atoms with Gasteiger partial charge in [-0.1, -0.05) is 43.3 Å². The maximum absolute atomic E-state index is 13.1. The van der Waals surface area contributed by atoms with Gasteiger partial charge in [0, 0.05) is 0 Å². The standard InChI is InChI=1S/C14H18BF3/c15-9-10-6-7-12(11-4-2-1-3-5-11)13(8-10)14(16,17)18/h6-8,11H,1-5,9,15H2. The molecule has 1 aliphatic carbocycles. The van der Waals surface area contributed by atoms with Crippen molar-refractivity contribution >= 4 is 7.85 Å². The average Bonchev–Trinajstić information content (AvgIpc) is 2.38. The molecule has 0 amide bonds. The van der Waals surface area contributed by atoms with Gasteiger partial charge in [-0.05, 0) is 30.4 Å². The van der Waals surface area contributed by atoms with E-state index in [1.165, 1.54) is 6.07 Å².